The molecule has 2 heterocycles. The first-order chi connectivity index (χ1) is 23.1. The number of sulfone groups is 1. The number of aromatic nitrogens is 2. The maximum Gasteiger partial charge on any atom is 0.223 e. The Morgan fingerprint density at radius 1 is 0.426 bits per heavy atom. The lowest BCUT2D eigenvalue weighted by molar-refractivity contribution is 0.592. The van der Waals surface area contributed by atoms with Crippen LogP contribution in [0.3, 0.4) is 0 Å². The van der Waals surface area contributed by atoms with Crippen molar-refractivity contribution in [3.8, 4) is 22.5 Å². The van der Waals surface area contributed by atoms with Gasteiger partial charge in [0, 0.05) is 27.3 Å². The fraction of sp³-hybridized carbons (Fsp3) is 0. The molecule has 0 aliphatic rings. The van der Waals surface area contributed by atoms with Gasteiger partial charge in [-0.05, 0) is 62.6 Å². The van der Waals surface area contributed by atoms with Crippen molar-refractivity contribution in [3.05, 3.63) is 158 Å². The summed E-state index contributed by atoms with van der Waals surface area (Å²) in [6, 6.07) is 51.5. The van der Waals surface area contributed by atoms with Crippen LogP contribution in [0.1, 0.15) is 0 Å². The third kappa shape index (κ3) is 4.24. The molecule has 222 valence electrons. The average molecular weight is 623 g/mol. The molecule has 0 saturated carbocycles. The lowest BCUT2D eigenvalue weighted by Crippen LogP contribution is -2.05. The second-order valence-corrected chi connectivity index (χ2v) is 13.6. The largest absolute Gasteiger partial charge is 0.247 e. The molecule has 47 heavy (non-hydrogen) atoms. The number of hydrogen-bond donors (Lipinski definition) is 0. The first-order valence-electron chi connectivity index (χ1n) is 15.5. The van der Waals surface area contributed by atoms with Gasteiger partial charge in [0.05, 0.1) is 21.8 Å². The van der Waals surface area contributed by atoms with E-state index in [-0.39, 0.29) is 9.92 Å². The summed E-state index contributed by atoms with van der Waals surface area (Å²) in [5, 5.41) is 10.1. The van der Waals surface area contributed by atoms with E-state index in [0.29, 0.717) is 5.69 Å². The van der Waals surface area contributed by atoms with E-state index in [2.05, 4.69) is 84.9 Å². The highest BCUT2D eigenvalue weighted by Gasteiger charge is 2.23. The zero-order valence-corrected chi connectivity index (χ0v) is 25.9. The summed E-state index contributed by atoms with van der Waals surface area (Å²) in [5.41, 5.74) is 4.16. The van der Waals surface area contributed by atoms with E-state index >= 15 is 0 Å². The summed E-state index contributed by atoms with van der Waals surface area (Å²) in [4.78, 5) is 10.4. The van der Waals surface area contributed by atoms with Gasteiger partial charge in [0.2, 0.25) is 9.84 Å². The predicted octanol–water partition coefficient (Wildman–Crippen LogP) is 10.4. The monoisotopic (exact) mass is 622 g/mol. The molecule has 0 radical (unpaired) electrons. The van der Waals surface area contributed by atoms with Crippen molar-refractivity contribution in [2.75, 3.05) is 0 Å². The Hall–Kier alpha value is -5.91. The van der Waals surface area contributed by atoms with Crippen LogP contribution >= 0.6 is 0 Å². The minimum atomic E-state index is -3.81. The lowest BCUT2D eigenvalue weighted by Gasteiger charge is -2.19. The van der Waals surface area contributed by atoms with Gasteiger partial charge in [0.15, 0.2) is 5.03 Å². The van der Waals surface area contributed by atoms with Gasteiger partial charge in [0.25, 0.3) is 0 Å². The van der Waals surface area contributed by atoms with Crippen LogP contribution in [0, 0.1) is 0 Å². The van der Waals surface area contributed by atoms with Crippen molar-refractivity contribution in [3.63, 3.8) is 0 Å². The van der Waals surface area contributed by atoms with Crippen LogP contribution in [0.4, 0.5) is 0 Å². The zero-order chi connectivity index (χ0) is 31.5. The van der Waals surface area contributed by atoms with E-state index in [4.69, 9.17) is 9.97 Å². The molecule has 0 amide bonds. The Balaban J connectivity index is 1.44. The van der Waals surface area contributed by atoms with Gasteiger partial charge < -0.3 is 0 Å². The number of nitrogens with zero attached hydrogens (tertiary/aromatic N) is 2. The highest BCUT2D eigenvalue weighted by atomic mass is 32.2. The standard InChI is InChI=1S/C42H26N2O2S/c45-47(46,28-16-5-2-6-17-28)38-25-13-24-36(43-38)35-26-37-39(32-21-10-9-20-31(32)35)40-33-22-11-7-18-29(33)30-19-8-12-23-34(30)41(40)42(44-37)27-14-3-1-4-15-27/h1-26H. The predicted molar refractivity (Wildman–Crippen MR) is 192 cm³/mol. The number of fused-ring (bicyclic) bond motifs is 10. The van der Waals surface area contributed by atoms with E-state index < -0.39 is 9.84 Å². The average Bonchev–Trinajstić information content (AvgIpc) is 3.14. The molecule has 0 fully saturated rings. The van der Waals surface area contributed by atoms with Gasteiger partial charge >= 0.3 is 0 Å². The van der Waals surface area contributed by atoms with Gasteiger partial charge in [-0.2, -0.15) is 0 Å². The molecule has 0 aliphatic heterocycles. The number of rotatable bonds is 4. The highest BCUT2D eigenvalue weighted by molar-refractivity contribution is 7.91. The molecular formula is C42H26N2O2S. The SMILES string of the molecule is O=S(=O)(c1ccccc1)c1cccc(-c2cc3nc(-c4ccccc4)c4c5ccccc5c5ccccc5c4c3c3ccccc23)n1. The van der Waals surface area contributed by atoms with Crippen LogP contribution in [0.25, 0.3) is 76.5 Å². The van der Waals surface area contributed by atoms with Crippen LogP contribution in [0.15, 0.2) is 168 Å². The zero-order valence-electron chi connectivity index (χ0n) is 25.1. The summed E-state index contributed by atoms with van der Waals surface area (Å²) >= 11 is 0. The van der Waals surface area contributed by atoms with Crippen LogP contribution in [0.5, 0.6) is 0 Å². The summed E-state index contributed by atoms with van der Waals surface area (Å²) in [7, 11) is -3.81. The second-order valence-electron chi connectivity index (χ2n) is 11.7. The highest BCUT2D eigenvalue weighted by Crippen LogP contribution is 2.46. The molecule has 9 aromatic rings. The summed E-state index contributed by atoms with van der Waals surface area (Å²) in [6.45, 7) is 0. The van der Waals surface area contributed by atoms with E-state index in [1.807, 2.05) is 30.3 Å². The maximum absolute atomic E-state index is 13.6. The molecule has 4 nitrogen and oxygen atoms in total. The lowest BCUT2D eigenvalue weighted by atomic mass is 9.87. The second kappa shape index (κ2) is 10.6. The Bertz CT molecular complexity index is 2800. The van der Waals surface area contributed by atoms with Crippen molar-refractivity contribution in [2.45, 2.75) is 9.92 Å². The normalized spacial score (nSPS) is 12.0. The van der Waals surface area contributed by atoms with Crippen molar-refractivity contribution in [1.82, 2.24) is 9.97 Å². The molecule has 0 N–H and O–H groups in total. The molecule has 0 unspecified atom stereocenters. The quantitative estimate of drug-likeness (QED) is 0.183. The number of hydrogen-bond acceptors (Lipinski definition) is 4. The van der Waals surface area contributed by atoms with Gasteiger partial charge in [-0.25, -0.2) is 18.4 Å². The fourth-order valence-electron chi connectivity index (χ4n) is 6.99. The molecule has 9 rings (SSSR count). The van der Waals surface area contributed by atoms with Gasteiger partial charge in [-0.15, -0.1) is 0 Å². The van der Waals surface area contributed by atoms with Crippen molar-refractivity contribution in [2.24, 2.45) is 0 Å². The summed E-state index contributed by atoms with van der Waals surface area (Å²) < 4.78 is 27.2. The minimum Gasteiger partial charge on any atom is -0.247 e. The Morgan fingerprint density at radius 2 is 0.957 bits per heavy atom. The van der Waals surface area contributed by atoms with Crippen molar-refractivity contribution in [1.29, 1.82) is 0 Å². The third-order valence-electron chi connectivity index (χ3n) is 9.05. The molecule has 7 aromatic carbocycles. The first kappa shape index (κ1) is 27.4. The van der Waals surface area contributed by atoms with Crippen LogP contribution in [0.2, 0.25) is 0 Å². The van der Waals surface area contributed by atoms with E-state index in [9.17, 15) is 8.42 Å². The van der Waals surface area contributed by atoms with E-state index in [1.165, 1.54) is 10.8 Å². The summed E-state index contributed by atoms with van der Waals surface area (Å²) in [6.07, 6.45) is 0. The number of pyridine rings is 2. The maximum atomic E-state index is 13.6. The van der Waals surface area contributed by atoms with E-state index in [1.54, 1.807) is 42.5 Å². The molecular weight excluding hydrogens is 597 g/mol. The van der Waals surface area contributed by atoms with Gasteiger partial charge in [-0.1, -0.05) is 127 Å². The minimum absolute atomic E-state index is 0.0132. The molecule has 0 bridgehead atoms. The molecule has 5 heteroatoms. The van der Waals surface area contributed by atoms with Gasteiger partial charge in [0.1, 0.15) is 0 Å². The Labute approximate surface area is 271 Å². The molecule has 0 aliphatic carbocycles. The fourth-order valence-corrected chi connectivity index (χ4v) is 8.22. The topological polar surface area (TPSA) is 59.9 Å². The first-order valence-corrected chi connectivity index (χ1v) is 17.0. The van der Waals surface area contributed by atoms with E-state index in [0.717, 1.165) is 60.0 Å². The van der Waals surface area contributed by atoms with Crippen molar-refractivity contribution >= 4 is 63.8 Å². The van der Waals surface area contributed by atoms with Crippen LogP contribution in [-0.2, 0) is 9.84 Å². The van der Waals surface area contributed by atoms with Gasteiger partial charge in [-0.3, -0.25) is 0 Å². The third-order valence-corrected chi connectivity index (χ3v) is 10.7. The molecule has 2 aromatic heterocycles. The number of benzene rings is 7. The van der Waals surface area contributed by atoms with Crippen molar-refractivity contribution < 1.29 is 8.42 Å². The molecule has 0 spiro atoms. The van der Waals surface area contributed by atoms with Crippen LogP contribution in [-0.4, -0.2) is 18.4 Å². The molecule has 0 atom stereocenters. The van der Waals surface area contributed by atoms with Crippen LogP contribution < -0.4 is 0 Å². The summed E-state index contributed by atoms with van der Waals surface area (Å²) in [5.74, 6) is 0. The smallest absolute Gasteiger partial charge is 0.223 e. The Kier molecular flexibility index (Phi) is 6.17. The molecule has 0 saturated heterocycles. The Morgan fingerprint density at radius 3 is 1.62 bits per heavy atom.